The fraction of sp³-hybridized carbons (Fsp3) is 0.476. The van der Waals surface area contributed by atoms with Crippen LogP contribution < -0.4 is 0 Å². The van der Waals surface area contributed by atoms with Gasteiger partial charge in [-0.15, -0.1) is 0 Å². The minimum Gasteiger partial charge on any atom is -0.299 e. The Hall–Kier alpha value is -1.71. The molecular formula is C21H29N3. The van der Waals surface area contributed by atoms with Crippen molar-refractivity contribution in [2.45, 2.75) is 51.4 Å². The molecule has 0 unspecified atom stereocenters. The zero-order valence-electron chi connectivity index (χ0n) is 15.1. The van der Waals surface area contributed by atoms with Gasteiger partial charge >= 0.3 is 0 Å². The van der Waals surface area contributed by atoms with E-state index in [9.17, 15) is 0 Å². The summed E-state index contributed by atoms with van der Waals surface area (Å²) in [5.74, 6) is 0. The molecule has 2 aromatic rings. The van der Waals surface area contributed by atoms with Gasteiger partial charge in [-0.3, -0.25) is 14.8 Å². The summed E-state index contributed by atoms with van der Waals surface area (Å²) in [6.07, 6.45) is 6.16. The van der Waals surface area contributed by atoms with E-state index in [0.29, 0.717) is 18.1 Å². The first-order valence-corrected chi connectivity index (χ1v) is 9.04. The van der Waals surface area contributed by atoms with Gasteiger partial charge in [-0.2, -0.15) is 0 Å². The Morgan fingerprint density at radius 3 is 2.46 bits per heavy atom. The van der Waals surface area contributed by atoms with Gasteiger partial charge in [-0.1, -0.05) is 30.3 Å². The van der Waals surface area contributed by atoms with Crippen LogP contribution in [-0.4, -0.2) is 46.5 Å². The summed E-state index contributed by atoms with van der Waals surface area (Å²) in [4.78, 5) is 9.36. The minimum absolute atomic E-state index is 0.563. The highest BCUT2D eigenvalue weighted by atomic mass is 15.3. The fourth-order valence-electron chi connectivity index (χ4n) is 3.80. The van der Waals surface area contributed by atoms with E-state index in [2.05, 4.69) is 78.1 Å². The van der Waals surface area contributed by atoms with Gasteiger partial charge in [-0.25, -0.2) is 0 Å². The monoisotopic (exact) mass is 323 g/mol. The first-order valence-electron chi connectivity index (χ1n) is 9.04. The number of likely N-dealkylation sites (N-methyl/N-ethyl adjacent to an activating group) is 1. The van der Waals surface area contributed by atoms with Crippen molar-refractivity contribution in [3.05, 3.63) is 66.0 Å². The Balaban J connectivity index is 1.79. The lowest BCUT2D eigenvalue weighted by atomic mass is 9.98. The molecule has 24 heavy (non-hydrogen) atoms. The van der Waals surface area contributed by atoms with Crippen LogP contribution in [0.2, 0.25) is 0 Å². The van der Waals surface area contributed by atoms with Crippen LogP contribution in [0.15, 0.2) is 54.9 Å². The van der Waals surface area contributed by atoms with Crippen molar-refractivity contribution < 1.29 is 0 Å². The lowest BCUT2D eigenvalue weighted by molar-refractivity contribution is 0.135. The van der Waals surface area contributed by atoms with Crippen LogP contribution in [0.4, 0.5) is 0 Å². The summed E-state index contributed by atoms with van der Waals surface area (Å²) in [5, 5.41) is 0. The molecule has 1 aromatic carbocycles. The van der Waals surface area contributed by atoms with E-state index in [-0.39, 0.29) is 0 Å². The largest absolute Gasteiger partial charge is 0.299 e. The van der Waals surface area contributed by atoms with E-state index in [1.165, 1.54) is 24.1 Å². The van der Waals surface area contributed by atoms with E-state index in [1.807, 2.05) is 12.4 Å². The predicted octanol–water partition coefficient (Wildman–Crippen LogP) is 3.61. The smallest absolute Gasteiger partial charge is 0.0295 e. The molecule has 128 valence electrons. The number of rotatable bonds is 6. The maximum atomic E-state index is 4.15. The van der Waals surface area contributed by atoms with Gasteiger partial charge in [0.15, 0.2) is 0 Å². The third-order valence-corrected chi connectivity index (χ3v) is 5.39. The maximum Gasteiger partial charge on any atom is 0.0295 e. The molecular weight excluding hydrogens is 294 g/mol. The molecule has 0 spiro atoms. The normalized spacial score (nSPS) is 21.7. The Bertz CT molecular complexity index is 611. The van der Waals surface area contributed by atoms with Crippen LogP contribution in [0.1, 0.15) is 31.4 Å². The van der Waals surface area contributed by atoms with Crippen LogP contribution in [0.3, 0.4) is 0 Å². The Labute approximate surface area is 146 Å². The lowest BCUT2D eigenvalue weighted by Gasteiger charge is -2.35. The summed E-state index contributed by atoms with van der Waals surface area (Å²) < 4.78 is 0. The number of benzene rings is 1. The molecule has 1 fully saturated rings. The van der Waals surface area contributed by atoms with Gasteiger partial charge in [0.1, 0.15) is 0 Å². The first kappa shape index (κ1) is 17.1. The summed E-state index contributed by atoms with van der Waals surface area (Å²) in [6, 6.07) is 17.0. The van der Waals surface area contributed by atoms with Crippen LogP contribution in [0.25, 0.3) is 0 Å². The topological polar surface area (TPSA) is 19.4 Å². The van der Waals surface area contributed by atoms with Crippen molar-refractivity contribution in [1.82, 2.24) is 14.8 Å². The molecule has 1 aliphatic rings. The molecule has 0 radical (unpaired) electrons. The highest BCUT2D eigenvalue weighted by molar-refractivity contribution is 5.18. The van der Waals surface area contributed by atoms with Crippen molar-refractivity contribution in [3.8, 4) is 0 Å². The average Bonchev–Trinajstić information content (AvgIpc) is 2.98. The van der Waals surface area contributed by atoms with Gasteiger partial charge in [-0.05, 0) is 57.0 Å². The molecule has 0 bridgehead atoms. The molecule has 1 saturated heterocycles. The third kappa shape index (κ3) is 4.03. The number of pyridine rings is 1. The molecule has 2 heterocycles. The van der Waals surface area contributed by atoms with Crippen LogP contribution in [-0.2, 0) is 13.0 Å². The van der Waals surface area contributed by atoms with E-state index in [0.717, 1.165) is 13.0 Å². The summed E-state index contributed by atoms with van der Waals surface area (Å²) in [6.45, 7) is 6.78. The van der Waals surface area contributed by atoms with Crippen LogP contribution >= 0.6 is 0 Å². The molecule has 0 aliphatic carbocycles. The summed E-state index contributed by atoms with van der Waals surface area (Å²) in [5.41, 5.74) is 2.79. The molecule has 1 aliphatic heterocycles. The second-order valence-electron chi connectivity index (χ2n) is 7.20. The van der Waals surface area contributed by atoms with Crippen molar-refractivity contribution in [2.75, 3.05) is 13.6 Å². The van der Waals surface area contributed by atoms with Gasteiger partial charge in [0, 0.05) is 43.6 Å². The maximum absolute atomic E-state index is 4.15. The van der Waals surface area contributed by atoms with Crippen molar-refractivity contribution in [3.63, 3.8) is 0 Å². The summed E-state index contributed by atoms with van der Waals surface area (Å²) >= 11 is 0. The summed E-state index contributed by atoms with van der Waals surface area (Å²) in [7, 11) is 2.28. The van der Waals surface area contributed by atoms with Crippen molar-refractivity contribution >= 4 is 0 Å². The van der Waals surface area contributed by atoms with Gasteiger partial charge in [0.05, 0.1) is 0 Å². The molecule has 3 nitrogen and oxygen atoms in total. The average molecular weight is 323 g/mol. The molecule has 3 rings (SSSR count). The number of hydrogen-bond donors (Lipinski definition) is 0. The Kier molecular flexibility index (Phi) is 5.64. The second-order valence-corrected chi connectivity index (χ2v) is 7.20. The second kappa shape index (κ2) is 7.91. The highest BCUT2D eigenvalue weighted by Crippen LogP contribution is 2.28. The van der Waals surface area contributed by atoms with Gasteiger partial charge < -0.3 is 0 Å². The number of hydrogen-bond acceptors (Lipinski definition) is 3. The molecule has 0 saturated carbocycles. The molecule has 2 atom stereocenters. The fourth-order valence-corrected chi connectivity index (χ4v) is 3.80. The zero-order valence-corrected chi connectivity index (χ0v) is 15.1. The van der Waals surface area contributed by atoms with E-state index < -0.39 is 0 Å². The minimum atomic E-state index is 0.563. The standard InChI is InChI=1S/C21H29N3/c1-17(2)23(3)20-11-14-24(16-19-9-12-22-13-10-19)21(20)15-18-7-5-4-6-8-18/h4-10,12-13,17,20-21H,11,14-16H2,1-3H3/t20-,21+/m1/s1. The SMILES string of the molecule is CC(C)N(C)[C@@H]1CCN(Cc2ccncc2)[C@H]1Cc1ccccc1. The quantitative estimate of drug-likeness (QED) is 0.809. The zero-order chi connectivity index (χ0) is 16.9. The predicted molar refractivity (Wildman–Crippen MR) is 99.9 cm³/mol. The lowest BCUT2D eigenvalue weighted by Crippen LogP contribution is -2.47. The first-order chi connectivity index (χ1) is 11.6. The molecule has 0 N–H and O–H groups in total. The number of nitrogens with zero attached hydrogens (tertiary/aromatic N) is 3. The van der Waals surface area contributed by atoms with Crippen LogP contribution in [0, 0.1) is 0 Å². The molecule has 0 amide bonds. The van der Waals surface area contributed by atoms with Crippen molar-refractivity contribution in [2.24, 2.45) is 0 Å². The molecule has 3 heteroatoms. The number of aromatic nitrogens is 1. The van der Waals surface area contributed by atoms with Crippen molar-refractivity contribution in [1.29, 1.82) is 0 Å². The van der Waals surface area contributed by atoms with Gasteiger partial charge in [0.25, 0.3) is 0 Å². The van der Waals surface area contributed by atoms with E-state index >= 15 is 0 Å². The number of likely N-dealkylation sites (tertiary alicyclic amines) is 1. The third-order valence-electron chi connectivity index (χ3n) is 5.39. The highest BCUT2D eigenvalue weighted by Gasteiger charge is 2.36. The van der Waals surface area contributed by atoms with Crippen LogP contribution in [0.5, 0.6) is 0 Å². The van der Waals surface area contributed by atoms with E-state index in [1.54, 1.807) is 0 Å². The Morgan fingerprint density at radius 1 is 1.08 bits per heavy atom. The molecule has 1 aromatic heterocycles. The Morgan fingerprint density at radius 2 is 1.79 bits per heavy atom. The van der Waals surface area contributed by atoms with Gasteiger partial charge in [0.2, 0.25) is 0 Å². The van der Waals surface area contributed by atoms with E-state index in [4.69, 9.17) is 0 Å².